The maximum atomic E-state index is 12.3. The van der Waals surface area contributed by atoms with E-state index in [9.17, 15) is 4.79 Å². The summed E-state index contributed by atoms with van der Waals surface area (Å²) in [5.74, 6) is 1.16. The van der Waals surface area contributed by atoms with E-state index in [1.54, 1.807) is 16.8 Å². The molecule has 0 saturated heterocycles. The smallest absolute Gasteiger partial charge is 0.243 e. The molecule has 3 aromatic rings. The minimum Gasteiger partial charge on any atom is -0.493 e. The first-order valence-corrected chi connectivity index (χ1v) is 8.31. The number of nitrogens with zero attached hydrogens (tertiary/aromatic N) is 4. The quantitative estimate of drug-likeness (QED) is 0.604. The molecule has 0 spiro atoms. The van der Waals surface area contributed by atoms with Crippen molar-refractivity contribution in [3.63, 3.8) is 0 Å². The van der Waals surface area contributed by atoms with Crippen molar-refractivity contribution in [1.82, 2.24) is 20.2 Å². The number of hydrogen-bond acceptors (Lipinski definition) is 8. The summed E-state index contributed by atoms with van der Waals surface area (Å²) in [4.78, 5) is 12.3. The molecule has 10 heteroatoms. The van der Waals surface area contributed by atoms with Gasteiger partial charge in [0.2, 0.25) is 11.7 Å². The summed E-state index contributed by atoms with van der Waals surface area (Å²) in [6.45, 7) is 0.0842. The number of carbonyl (C=O) groups is 1. The lowest BCUT2D eigenvalue weighted by atomic mass is 10.2. The fourth-order valence-corrected chi connectivity index (χ4v) is 2.55. The maximum absolute atomic E-state index is 12.3. The normalized spacial score (nSPS) is 10.2. The Labute approximate surface area is 161 Å². The number of tetrazole rings is 1. The second kappa shape index (κ2) is 8.71. The van der Waals surface area contributed by atoms with E-state index >= 15 is 0 Å². The zero-order valence-electron chi connectivity index (χ0n) is 15.7. The van der Waals surface area contributed by atoms with Crippen LogP contribution < -0.4 is 24.8 Å². The van der Waals surface area contributed by atoms with Crippen molar-refractivity contribution in [3.05, 3.63) is 42.7 Å². The van der Waals surface area contributed by atoms with Gasteiger partial charge in [-0.3, -0.25) is 4.79 Å². The van der Waals surface area contributed by atoms with Gasteiger partial charge in [0.05, 0.1) is 33.6 Å². The molecular weight excluding hydrogens is 364 g/mol. The summed E-state index contributed by atoms with van der Waals surface area (Å²) >= 11 is 0. The number of rotatable bonds is 8. The standard InChI is InChI=1S/C18H20N6O4/c1-26-15-8-13(9-16(27-2)18(15)28-3)21-17(25)10-19-12-4-6-14(7-5-12)24-11-20-22-23-24/h4-9,11,19H,10H2,1-3H3,(H,21,25). The molecule has 0 fully saturated rings. The van der Waals surface area contributed by atoms with Gasteiger partial charge in [-0.15, -0.1) is 5.10 Å². The van der Waals surface area contributed by atoms with Crippen LogP contribution in [-0.2, 0) is 4.79 Å². The molecule has 0 aliphatic carbocycles. The number of ether oxygens (including phenoxy) is 3. The van der Waals surface area contributed by atoms with Gasteiger partial charge in [-0.2, -0.15) is 0 Å². The first-order valence-electron chi connectivity index (χ1n) is 8.31. The van der Waals surface area contributed by atoms with Gasteiger partial charge in [0.15, 0.2) is 11.5 Å². The molecule has 0 atom stereocenters. The van der Waals surface area contributed by atoms with Crippen molar-refractivity contribution < 1.29 is 19.0 Å². The Morgan fingerprint density at radius 3 is 2.21 bits per heavy atom. The number of hydrogen-bond donors (Lipinski definition) is 2. The summed E-state index contributed by atoms with van der Waals surface area (Å²) in [5, 5.41) is 16.9. The highest BCUT2D eigenvalue weighted by Gasteiger charge is 2.14. The lowest BCUT2D eigenvalue weighted by Gasteiger charge is -2.15. The van der Waals surface area contributed by atoms with E-state index in [-0.39, 0.29) is 12.5 Å². The number of benzene rings is 2. The zero-order chi connectivity index (χ0) is 19.9. The highest BCUT2D eigenvalue weighted by molar-refractivity contribution is 5.94. The molecule has 0 aliphatic rings. The van der Waals surface area contributed by atoms with Crippen molar-refractivity contribution in [3.8, 4) is 22.9 Å². The van der Waals surface area contributed by atoms with Gasteiger partial charge in [-0.1, -0.05) is 0 Å². The predicted octanol–water partition coefficient (Wildman–Crippen LogP) is 1.74. The van der Waals surface area contributed by atoms with E-state index < -0.39 is 0 Å². The molecule has 0 aliphatic heterocycles. The third kappa shape index (κ3) is 4.29. The molecule has 2 N–H and O–H groups in total. The van der Waals surface area contributed by atoms with Gasteiger partial charge in [0.1, 0.15) is 6.33 Å². The number of methoxy groups -OCH3 is 3. The molecule has 146 valence electrons. The average Bonchev–Trinajstić information content (AvgIpc) is 3.26. The Kier molecular flexibility index (Phi) is 5.90. The fraction of sp³-hybridized carbons (Fsp3) is 0.222. The zero-order valence-corrected chi connectivity index (χ0v) is 15.7. The van der Waals surface area contributed by atoms with Gasteiger partial charge < -0.3 is 24.8 Å². The number of anilines is 2. The second-order valence-corrected chi connectivity index (χ2v) is 5.62. The number of nitrogens with one attached hydrogen (secondary N) is 2. The van der Waals surface area contributed by atoms with Crippen LogP contribution in [0.2, 0.25) is 0 Å². The van der Waals surface area contributed by atoms with E-state index in [2.05, 4.69) is 26.2 Å². The molecule has 3 rings (SSSR count). The second-order valence-electron chi connectivity index (χ2n) is 5.62. The van der Waals surface area contributed by atoms with Crippen LogP contribution >= 0.6 is 0 Å². The minimum atomic E-state index is -0.223. The highest BCUT2D eigenvalue weighted by Crippen LogP contribution is 2.39. The van der Waals surface area contributed by atoms with E-state index in [1.165, 1.54) is 27.7 Å². The molecule has 28 heavy (non-hydrogen) atoms. The Morgan fingerprint density at radius 1 is 1.00 bits per heavy atom. The van der Waals surface area contributed by atoms with Crippen molar-refractivity contribution in [2.45, 2.75) is 0 Å². The van der Waals surface area contributed by atoms with E-state index in [1.807, 2.05) is 24.3 Å². The van der Waals surface area contributed by atoms with Gasteiger partial charge in [-0.25, -0.2) is 4.68 Å². The van der Waals surface area contributed by atoms with Crippen LogP contribution in [0.1, 0.15) is 0 Å². The number of carbonyl (C=O) groups excluding carboxylic acids is 1. The van der Waals surface area contributed by atoms with Gasteiger partial charge in [0.25, 0.3) is 0 Å². The first-order chi connectivity index (χ1) is 13.6. The Morgan fingerprint density at radius 2 is 1.68 bits per heavy atom. The molecule has 10 nitrogen and oxygen atoms in total. The Bertz CT molecular complexity index is 903. The van der Waals surface area contributed by atoms with E-state index in [4.69, 9.17) is 14.2 Å². The molecule has 0 bridgehead atoms. The SMILES string of the molecule is COc1cc(NC(=O)CNc2ccc(-n3cnnn3)cc2)cc(OC)c1OC. The van der Waals surface area contributed by atoms with Crippen LogP contribution in [0.3, 0.4) is 0 Å². The lowest BCUT2D eigenvalue weighted by Crippen LogP contribution is -2.21. The summed E-state index contributed by atoms with van der Waals surface area (Å²) in [6.07, 6.45) is 1.51. The van der Waals surface area contributed by atoms with E-state index in [0.29, 0.717) is 22.9 Å². The summed E-state index contributed by atoms with van der Waals surface area (Å²) < 4.78 is 17.4. The van der Waals surface area contributed by atoms with Crippen LogP contribution in [-0.4, -0.2) is 54.0 Å². The third-order valence-electron chi connectivity index (χ3n) is 3.88. The molecule has 1 amide bonds. The third-order valence-corrected chi connectivity index (χ3v) is 3.88. The van der Waals surface area contributed by atoms with Crippen molar-refractivity contribution in [2.75, 3.05) is 38.5 Å². The van der Waals surface area contributed by atoms with E-state index in [0.717, 1.165) is 11.4 Å². The summed E-state index contributed by atoms with van der Waals surface area (Å²) in [6, 6.07) is 10.7. The molecule has 0 radical (unpaired) electrons. The summed E-state index contributed by atoms with van der Waals surface area (Å²) in [5.41, 5.74) is 2.14. The molecule has 0 unspecified atom stereocenters. The van der Waals surface area contributed by atoms with Crippen LogP contribution in [0, 0.1) is 0 Å². The largest absolute Gasteiger partial charge is 0.493 e. The first kappa shape index (κ1) is 19.0. The van der Waals surface area contributed by atoms with Crippen LogP contribution in [0.5, 0.6) is 17.2 Å². The molecule has 0 saturated carbocycles. The molecule has 2 aromatic carbocycles. The average molecular weight is 384 g/mol. The van der Waals surface area contributed by atoms with Crippen LogP contribution in [0.4, 0.5) is 11.4 Å². The number of aromatic nitrogens is 4. The molecular formula is C18H20N6O4. The minimum absolute atomic E-state index is 0.0842. The Balaban J connectivity index is 1.61. The maximum Gasteiger partial charge on any atom is 0.243 e. The van der Waals surface area contributed by atoms with Crippen LogP contribution in [0.15, 0.2) is 42.7 Å². The number of amides is 1. The van der Waals surface area contributed by atoms with Crippen molar-refractivity contribution in [2.24, 2.45) is 0 Å². The fourth-order valence-electron chi connectivity index (χ4n) is 2.55. The van der Waals surface area contributed by atoms with Gasteiger partial charge >= 0.3 is 0 Å². The van der Waals surface area contributed by atoms with Crippen molar-refractivity contribution >= 4 is 17.3 Å². The lowest BCUT2D eigenvalue weighted by molar-refractivity contribution is -0.114. The van der Waals surface area contributed by atoms with Gasteiger partial charge in [-0.05, 0) is 34.7 Å². The molecule has 1 aromatic heterocycles. The predicted molar refractivity (Wildman–Crippen MR) is 102 cm³/mol. The van der Waals surface area contributed by atoms with Crippen molar-refractivity contribution in [1.29, 1.82) is 0 Å². The topological polar surface area (TPSA) is 112 Å². The monoisotopic (exact) mass is 384 g/mol. The highest BCUT2D eigenvalue weighted by atomic mass is 16.5. The van der Waals surface area contributed by atoms with Crippen LogP contribution in [0.25, 0.3) is 5.69 Å². The Hall–Kier alpha value is -3.82. The van der Waals surface area contributed by atoms with Gasteiger partial charge in [0, 0.05) is 23.5 Å². The molecule has 1 heterocycles. The summed E-state index contributed by atoms with van der Waals surface area (Å²) in [7, 11) is 4.56.